The van der Waals surface area contributed by atoms with Gasteiger partial charge in [-0.2, -0.15) is 0 Å². The summed E-state index contributed by atoms with van der Waals surface area (Å²) in [6.07, 6.45) is 1.44. The van der Waals surface area contributed by atoms with Crippen molar-refractivity contribution in [1.82, 2.24) is 4.98 Å². The SMILES string of the molecule is COc1nc(C(=O)c2ccc(S(=O)(=O)C3CC3)cc2)ccc1C. The molecule has 3 rings (SSSR count). The van der Waals surface area contributed by atoms with E-state index in [0.29, 0.717) is 11.4 Å². The van der Waals surface area contributed by atoms with Crippen LogP contribution in [0.25, 0.3) is 0 Å². The molecule has 0 saturated heterocycles. The molecule has 120 valence electrons. The summed E-state index contributed by atoms with van der Waals surface area (Å²) < 4.78 is 29.4. The van der Waals surface area contributed by atoms with Crippen LogP contribution in [0.2, 0.25) is 0 Å². The number of carbonyl (C=O) groups is 1. The number of ketones is 1. The smallest absolute Gasteiger partial charge is 0.216 e. The lowest BCUT2D eigenvalue weighted by molar-refractivity contribution is 0.103. The molecule has 0 spiro atoms. The fourth-order valence-corrected chi connectivity index (χ4v) is 4.01. The molecule has 23 heavy (non-hydrogen) atoms. The maximum absolute atomic E-state index is 12.5. The molecule has 2 aromatic rings. The average Bonchev–Trinajstić information content (AvgIpc) is 3.40. The predicted octanol–water partition coefficient (Wildman–Crippen LogP) is 2.57. The third-order valence-corrected chi connectivity index (χ3v) is 6.16. The van der Waals surface area contributed by atoms with Gasteiger partial charge in [0.25, 0.3) is 0 Å². The Kier molecular flexibility index (Phi) is 3.93. The monoisotopic (exact) mass is 331 g/mol. The molecule has 0 aliphatic heterocycles. The number of methoxy groups -OCH3 is 1. The predicted molar refractivity (Wildman–Crippen MR) is 85.6 cm³/mol. The van der Waals surface area contributed by atoms with E-state index in [1.54, 1.807) is 12.1 Å². The third-order valence-electron chi connectivity index (χ3n) is 3.88. The lowest BCUT2D eigenvalue weighted by Crippen LogP contribution is -2.09. The Hall–Kier alpha value is -2.21. The number of aryl methyl sites for hydroxylation is 1. The zero-order valence-electron chi connectivity index (χ0n) is 12.9. The molecular weight excluding hydrogens is 314 g/mol. The minimum absolute atomic E-state index is 0.257. The largest absolute Gasteiger partial charge is 0.481 e. The van der Waals surface area contributed by atoms with E-state index in [-0.39, 0.29) is 21.6 Å². The Balaban J connectivity index is 1.88. The van der Waals surface area contributed by atoms with Crippen molar-refractivity contribution in [2.75, 3.05) is 7.11 Å². The van der Waals surface area contributed by atoms with Gasteiger partial charge < -0.3 is 4.74 Å². The molecule has 0 atom stereocenters. The fourth-order valence-electron chi connectivity index (χ4n) is 2.36. The summed E-state index contributed by atoms with van der Waals surface area (Å²) in [5.74, 6) is 0.141. The van der Waals surface area contributed by atoms with Crippen LogP contribution >= 0.6 is 0 Å². The zero-order chi connectivity index (χ0) is 16.6. The van der Waals surface area contributed by atoms with Crippen molar-refractivity contribution in [3.63, 3.8) is 0 Å². The molecule has 5 nitrogen and oxygen atoms in total. The van der Waals surface area contributed by atoms with Gasteiger partial charge in [-0.1, -0.05) is 6.07 Å². The number of hydrogen-bond acceptors (Lipinski definition) is 5. The van der Waals surface area contributed by atoms with E-state index in [1.165, 1.54) is 31.4 Å². The van der Waals surface area contributed by atoms with Crippen molar-refractivity contribution in [1.29, 1.82) is 0 Å². The molecule has 1 aliphatic carbocycles. The van der Waals surface area contributed by atoms with Crippen LogP contribution in [-0.2, 0) is 9.84 Å². The number of sulfone groups is 1. The first-order valence-corrected chi connectivity index (χ1v) is 8.88. The Morgan fingerprint density at radius 1 is 1.13 bits per heavy atom. The van der Waals surface area contributed by atoms with E-state index in [2.05, 4.69) is 4.98 Å². The first-order chi connectivity index (χ1) is 10.9. The van der Waals surface area contributed by atoms with Crippen LogP contribution < -0.4 is 4.74 Å². The normalized spacial score (nSPS) is 14.5. The molecule has 1 saturated carbocycles. The van der Waals surface area contributed by atoms with Crippen LogP contribution in [0.4, 0.5) is 0 Å². The zero-order valence-corrected chi connectivity index (χ0v) is 13.8. The summed E-state index contributed by atoms with van der Waals surface area (Å²) in [7, 11) is -1.73. The van der Waals surface area contributed by atoms with E-state index in [0.717, 1.165) is 18.4 Å². The third kappa shape index (κ3) is 2.99. The Labute approximate surface area is 135 Å². The second kappa shape index (κ2) is 5.77. The second-order valence-electron chi connectivity index (χ2n) is 5.62. The molecular formula is C17H17NO4S. The highest BCUT2D eigenvalue weighted by molar-refractivity contribution is 7.92. The maximum atomic E-state index is 12.5. The quantitative estimate of drug-likeness (QED) is 0.787. The number of nitrogens with zero attached hydrogens (tertiary/aromatic N) is 1. The summed E-state index contributed by atoms with van der Waals surface area (Å²) in [5.41, 5.74) is 1.51. The van der Waals surface area contributed by atoms with Crippen LogP contribution in [-0.4, -0.2) is 31.5 Å². The molecule has 0 radical (unpaired) electrons. The highest BCUT2D eigenvalue weighted by atomic mass is 32.2. The van der Waals surface area contributed by atoms with Crippen LogP contribution in [0, 0.1) is 6.92 Å². The standard InChI is InChI=1S/C17H17NO4S/c1-11-3-10-15(18-17(11)22-2)16(19)12-4-6-13(7-5-12)23(20,21)14-8-9-14/h3-7,10,14H,8-9H2,1-2H3. The van der Waals surface area contributed by atoms with Crippen molar-refractivity contribution in [2.24, 2.45) is 0 Å². The van der Waals surface area contributed by atoms with Gasteiger partial charge in [0.05, 0.1) is 17.3 Å². The highest BCUT2D eigenvalue weighted by Crippen LogP contribution is 2.33. The van der Waals surface area contributed by atoms with E-state index in [4.69, 9.17) is 4.74 Å². The number of pyridine rings is 1. The molecule has 6 heteroatoms. The minimum Gasteiger partial charge on any atom is -0.481 e. The highest BCUT2D eigenvalue weighted by Gasteiger charge is 2.36. The van der Waals surface area contributed by atoms with Crippen molar-refractivity contribution in [3.05, 3.63) is 53.2 Å². The van der Waals surface area contributed by atoms with Gasteiger partial charge in [0.15, 0.2) is 9.84 Å². The number of benzene rings is 1. The van der Waals surface area contributed by atoms with Gasteiger partial charge in [0.1, 0.15) is 5.69 Å². The number of carbonyl (C=O) groups excluding carboxylic acids is 1. The fraction of sp³-hybridized carbons (Fsp3) is 0.294. The lowest BCUT2D eigenvalue weighted by atomic mass is 10.1. The Bertz CT molecular complexity index is 853. The van der Waals surface area contributed by atoms with E-state index in [9.17, 15) is 13.2 Å². The van der Waals surface area contributed by atoms with Crippen LogP contribution in [0.15, 0.2) is 41.3 Å². The van der Waals surface area contributed by atoms with Gasteiger partial charge in [-0.25, -0.2) is 13.4 Å². The van der Waals surface area contributed by atoms with Crippen molar-refractivity contribution >= 4 is 15.6 Å². The number of hydrogen-bond donors (Lipinski definition) is 0. The first kappa shape index (κ1) is 15.7. The summed E-state index contributed by atoms with van der Waals surface area (Å²) in [4.78, 5) is 16.9. The van der Waals surface area contributed by atoms with Gasteiger partial charge in [-0.3, -0.25) is 4.79 Å². The maximum Gasteiger partial charge on any atom is 0.216 e. The summed E-state index contributed by atoms with van der Waals surface area (Å²) in [6, 6.07) is 9.45. The molecule has 1 fully saturated rings. The van der Waals surface area contributed by atoms with Crippen LogP contribution in [0.5, 0.6) is 5.88 Å². The number of ether oxygens (including phenoxy) is 1. The molecule has 0 unspecified atom stereocenters. The second-order valence-corrected chi connectivity index (χ2v) is 7.85. The molecule has 0 bridgehead atoms. The summed E-state index contributed by atoms with van der Waals surface area (Å²) in [5, 5.41) is -0.257. The Morgan fingerprint density at radius 2 is 1.78 bits per heavy atom. The van der Waals surface area contributed by atoms with Crippen LogP contribution in [0.3, 0.4) is 0 Å². The average molecular weight is 331 g/mol. The van der Waals surface area contributed by atoms with Crippen LogP contribution in [0.1, 0.15) is 34.5 Å². The van der Waals surface area contributed by atoms with Crippen molar-refractivity contribution in [2.45, 2.75) is 29.9 Å². The molecule has 0 N–H and O–H groups in total. The summed E-state index contributed by atoms with van der Waals surface area (Å²) >= 11 is 0. The minimum atomic E-state index is -3.24. The molecule has 1 aromatic carbocycles. The van der Waals surface area contributed by atoms with Crippen molar-refractivity contribution in [3.8, 4) is 5.88 Å². The van der Waals surface area contributed by atoms with E-state index in [1.807, 2.05) is 6.92 Å². The van der Waals surface area contributed by atoms with Gasteiger partial charge in [-0.05, 0) is 50.1 Å². The molecule has 1 aromatic heterocycles. The van der Waals surface area contributed by atoms with Gasteiger partial charge >= 0.3 is 0 Å². The topological polar surface area (TPSA) is 73.3 Å². The number of rotatable bonds is 5. The van der Waals surface area contributed by atoms with Gasteiger partial charge in [0.2, 0.25) is 11.7 Å². The van der Waals surface area contributed by atoms with Crippen molar-refractivity contribution < 1.29 is 17.9 Å². The summed E-state index contributed by atoms with van der Waals surface area (Å²) in [6.45, 7) is 1.84. The first-order valence-electron chi connectivity index (χ1n) is 7.34. The molecule has 1 heterocycles. The number of aromatic nitrogens is 1. The Morgan fingerprint density at radius 3 is 2.35 bits per heavy atom. The van der Waals surface area contributed by atoms with E-state index < -0.39 is 9.84 Å². The molecule has 1 aliphatic rings. The van der Waals surface area contributed by atoms with Gasteiger partial charge in [-0.15, -0.1) is 0 Å². The van der Waals surface area contributed by atoms with E-state index >= 15 is 0 Å². The van der Waals surface area contributed by atoms with Gasteiger partial charge in [0, 0.05) is 11.1 Å². The lowest BCUT2D eigenvalue weighted by Gasteiger charge is -2.07. The molecule has 0 amide bonds.